The molecule has 0 aliphatic carbocycles. The molecule has 0 saturated heterocycles. The number of rotatable bonds is 7. The molecular weight excluding hydrogens is 172 g/mol. The van der Waals surface area contributed by atoms with Crippen LogP contribution in [0.5, 0.6) is 0 Å². The summed E-state index contributed by atoms with van der Waals surface area (Å²) in [5, 5.41) is 0. The summed E-state index contributed by atoms with van der Waals surface area (Å²) in [5.41, 5.74) is 5.60. The molecule has 0 fully saturated rings. The summed E-state index contributed by atoms with van der Waals surface area (Å²) in [5.74, 6) is 1.15. The van der Waals surface area contributed by atoms with Gasteiger partial charge in [0, 0.05) is 32.0 Å². The Morgan fingerprint density at radius 2 is 2.25 bits per heavy atom. The van der Waals surface area contributed by atoms with Crippen LogP contribution in [0.3, 0.4) is 0 Å². The van der Waals surface area contributed by atoms with Crippen molar-refractivity contribution in [2.45, 2.75) is 6.04 Å². The second kappa shape index (κ2) is 7.86. The summed E-state index contributed by atoms with van der Waals surface area (Å²) in [6.45, 7) is 2.46. The molecule has 1 unspecified atom stereocenters. The van der Waals surface area contributed by atoms with E-state index < -0.39 is 0 Å². The van der Waals surface area contributed by atoms with Crippen molar-refractivity contribution in [3.63, 3.8) is 0 Å². The molecule has 0 aliphatic rings. The number of hydrogen-bond acceptors (Lipinski definition) is 4. The van der Waals surface area contributed by atoms with Gasteiger partial charge in [-0.3, -0.25) is 4.90 Å². The summed E-state index contributed by atoms with van der Waals surface area (Å²) < 4.78 is 5.07. The van der Waals surface area contributed by atoms with Crippen molar-refractivity contribution in [1.29, 1.82) is 0 Å². The Morgan fingerprint density at radius 1 is 1.58 bits per heavy atom. The van der Waals surface area contributed by atoms with Gasteiger partial charge in [0.1, 0.15) is 0 Å². The van der Waals surface area contributed by atoms with Crippen molar-refractivity contribution in [1.82, 2.24) is 4.90 Å². The number of ether oxygens (including phenoxy) is 1. The molecule has 0 aromatic rings. The Balaban J connectivity index is 3.60. The summed E-state index contributed by atoms with van der Waals surface area (Å²) in [7, 11) is 3.80. The van der Waals surface area contributed by atoms with Crippen LogP contribution < -0.4 is 5.73 Å². The first kappa shape index (κ1) is 12.2. The Kier molecular flexibility index (Phi) is 8.01. The number of hydrogen-bond donors (Lipinski definition) is 1. The van der Waals surface area contributed by atoms with Crippen LogP contribution in [0.1, 0.15) is 0 Å². The predicted octanol–water partition coefficient (Wildman–Crippen LogP) is 0.255. The molecule has 0 rings (SSSR count). The van der Waals surface area contributed by atoms with Crippen LogP contribution in [0.15, 0.2) is 0 Å². The first-order valence-electron chi connectivity index (χ1n) is 4.14. The second-order valence-electron chi connectivity index (χ2n) is 2.82. The third-order valence-electron chi connectivity index (χ3n) is 1.90. The monoisotopic (exact) mass is 192 g/mol. The molecule has 3 nitrogen and oxygen atoms in total. The van der Waals surface area contributed by atoms with Crippen molar-refractivity contribution >= 4 is 11.8 Å². The summed E-state index contributed by atoms with van der Waals surface area (Å²) in [6.07, 6.45) is 2.11. The van der Waals surface area contributed by atoms with Gasteiger partial charge in [0.15, 0.2) is 0 Å². The zero-order chi connectivity index (χ0) is 9.40. The molecule has 0 aliphatic heterocycles. The van der Waals surface area contributed by atoms with Crippen LogP contribution in [-0.4, -0.2) is 56.8 Å². The van der Waals surface area contributed by atoms with Crippen LogP contribution >= 0.6 is 11.8 Å². The fourth-order valence-corrected chi connectivity index (χ4v) is 1.46. The highest BCUT2D eigenvalue weighted by Crippen LogP contribution is 1.98. The Labute approximate surface area is 79.6 Å². The highest BCUT2D eigenvalue weighted by molar-refractivity contribution is 7.98. The van der Waals surface area contributed by atoms with Gasteiger partial charge in [-0.2, -0.15) is 11.8 Å². The normalized spacial score (nSPS) is 13.8. The van der Waals surface area contributed by atoms with E-state index in [9.17, 15) is 0 Å². The lowest BCUT2D eigenvalue weighted by Gasteiger charge is -2.25. The fraction of sp³-hybridized carbons (Fsp3) is 1.00. The molecule has 4 heteroatoms. The highest BCUT2D eigenvalue weighted by Gasteiger charge is 2.11. The lowest BCUT2D eigenvalue weighted by Crippen LogP contribution is -2.42. The Morgan fingerprint density at radius 3 is 2.67 bits per heavy atom. The highest BCUT2D eigenvalue weighted by atomic mass is 32.2. The topological polar surface area (TPSA) is 38.5 Å². The molecule has 0 radical (unpaired) electrons. The maximum atomic E-state index is 5.60. The predicted molar refractivity (Wildman–Crippen MR) is 55.7 cm³/mol. The van der Waals surface area contributed by atoms with Gasteiger partial charge in [-0.15, -0.1) is 0 Å². The van der Waals surface area contributed by atoms with Gasteiger partial charge in [0.05, 0.1) is 6.61 Å². The maximum absolute atomic E-state index is 5.60. The van der Waals surface area contributed by atoms with Gasteiger partial charge in [-0.1, -0.05) is 0 Å². The lowest BCUT2D eigenvalue weighted by molar-refractivity contribution is 0.114. The molecule has 0 aromatic heterocycles. The van der Waals surface area contributed by atoms with E-state index in [-0.39, 0.29) is 0 Å². The van der Waals surface area contributed by atoms with Crippen molar-refractivity contribution < 1.29 is 4.74 Å². The van der Waals surface area contributed by atoms with Crippen molar-refractivity contribution in [2.24, 2.45) is 5.73 Å². The van der Waals surface area contributed by atoms with E-state index in [4.69, 9.17) is 10.5 Å². The molecule has 74 valence electrons. The largest absolute Gasteiger partial charge is 0.383 e. The molecule has 0 saturated carbocycles. The third-order valence-corrected chi connectivity index (χ3v) is 2.49. The molecular formula is C8H20N2OS. The maximum Gasteiger partial charge on any atom is 0.0630 e. The van der Waals surface area contributed by atoms with Crippen LogP contribution in [0.25, 0.3) is 0 Å². The average molecular weight is 192 g/mol. The van der Waals surface area contributed by atoms with Gasteiger partial charge < -0.3 is 10.5 Å². The number of thioether (sulfide) groups is 1. The molecule has 1 atom stereocenters. The minimum Gasteiger partial charge on any atom is -0.383 e. The molecule has 0 spiro atoms. The lowest BCUT2D eigenvalue weighted by atomic mass is 10.3. The van der Waals surface area contributed by atoms with E-state index in [0.717, 1.165) is 18.9 Å². The van der Waals surface area contributed by atoms with Crippen LogP contribution in [0.2, 0.25) is 0 Å². The van der Waals surface area contributed by atoms with E-state index in [1.807, 2.05) is 11.8 Å². The SMILES string of the molecule is COCC(CN)N(C)CCSC. The molecule has 2 N–H and O–H groups in total. The average Bonchev–Trinajstić information content (AvgIpc) is 2.10. The zero-order valence-electron chi connectivity index (χ0n) is 8.25. The standard InChI is InChI=1S/C8H20N2OS/c1-10(4-5-12-3)8(6-9)7-11-2/h8H,4-7,9H2,1-3H3. The number of likely N-dealkylation sites (N-methyl/N-ethyl adjacent to an activating group) is 1. The van der Waals surface area contributed by atoms with E-state index in [0.29, 0.717) is 12.6 Å². The number of methoxy groups -OCH3 is 1. The Bertz CT molecular complexity index is 103. The van der Waals surface area contributed by atoms with Gasteiger partial charge >= 0.3 is 0 Å². The van der Waals surface area contributed by atoms with Gasteiger partial charge in [0.25, 0.3) is 0 Å². The molecule has 0 heterocycles. The fourth-order valence-electron chi connectivity index (χ4n) is 0.985. The third kappa shape index (κ3) is 4.98. The smallest absolute Gasteiger partial charge is 0.0630 e. The van der Waals surface area contributed by atoms with Crippen molar-refractivity contribution in [2.75, 3.05) is 45.9 Å². The van der Waals surface area contributed by atoms with Crippen LogP contribution in [0, 0.1) is 0 Å². The first-order valence-corrected chi connectivity index (χ1v) is 5.53. The van der Waals surface area contributed by atoms with E-state index >= 15 is 0 Å². The molecule has 0 amide bonds. The van der Waals surface area contributed by atoms with Crippen LogP contribution in [-0.2, 0) is 4.74 Å². The van der Waals surface area contributed by atoms with Crippen molar-refractivity contribution in [3.05, 3.63) is 0 Å². The second-order valence-corrected chi connectivity index (χ2v) is 3.80. The minimum atomic E-state index is 0.363. The van der Waals surface area contributed by atoms with E-state index in [1.54, 1.807) is 7.11 Å². The molecule has 12 heavy (non-hydrogen) atoms. The molecule has 0 aromatic carbocycles. The van der Waals surface area contributed by atoms with E-state index in [2.05, 4.69) is 18.2 Å². The summed E-state index contributed by atoms with van der Waals surface area (Å²) in [4.78, 5) is 2.25. The number of nitrogens with two attached hydrogens (primary N) is 1. The Hall–Kier alpha value is 0.230. The van der Waals surface area contributed by atoms with Gasteiger partial charge in [-0.05, 0) is 13.3 Å². The van der Waals surface area contributed by atoms with Gasteiger partial charge in [-0.25, -0.2) is 0 Å². The first-order chi connectivity index (χ1) is 5.76. The summed E-state index contributed by atoms with van der Waals surface area (Å²) in [6, 6.07) is 0.363. The molecule has 0 bridgehead atoms. The van der Waals surface area contributed by atoms with Crippen molar-refractivity contribution in [3.8, 4) is 0 Å². The van der Waals surface area contributed by atoms with E-state index in [1.165, 1.54) is 0 Å². The minimum absolute atomic E-state index is 0.363. The zero-order valence-corrected chi connectivity index (χ0v) is 9.06. The quantitative estimate of drug-likeness (QED) is 0.628. The number of nitrogens with zero attached hydrogens (tertiary/aromatic N) is 1. The van der Waals surface area contributed by atoms with Gasteiger partial charge in [0.2, 0.25) is 0 Å². The summed E-state index contributed by atoms with van der Waals surface area (Å²) >= 11 is 1.85. The van der Waals surface area contributed by atoms with Crippen LogP contribution in [0.4, 0.5) is 0 Å².